The molecule has 0 unspecified atom stereocenters. The van der Waals surface area contributed by atoms with Crippen LogP contribution in [0.15, 0.2) is 97.3 Å². The number of fused-ring (bicyclic) bond motifs is 6. The fourth-order valence-corrected chi connectivity index (χ4v) is 5.95. The number of nitrogens with one attached hydrogen (secondary N) is 1. The summed E-state index contributed by atoms with van der Waals surface area (Å²) in [7, 11) is 0. The molecule has 3 aromatic heterocycles. The smallest absolute Gasteiger partial charge is 0.0780 e. The van der Waals surface area contributed by atoms with Crippen LogP contribution in [0.5, 0.6) is 0 Å². The van der Waals surface area contributed by atoms with Gasteiger partial charge in [-0.15, -0.1) is 0 Å². The minimum Gasteiger partial charge on any atom is -0.353 e. The summed E-state index contributed by atoms with van der Waals surface area (Å²) in [6.07, 6.45) is 3.76. The average molecular weight is 534 g/mol. The van der Waals surface area contributed by atoms with Crippen LogP contribution in [0.4, 0.5) is 0 Å². The number of rotatable bonds is 2. The van der Waals surface area contributed by atoms with Crippen molar-refractivity contribution in [3.63, 3.8) is 0 Å². The van der Waals surface area contributed by atoms with Crippen LogP contribution in [0.2, 0.25) is 0 Å². The van der Waals surface area contributed by atoms with E-state index in [1.807, 2.05) is 24.5 Å². The van der Waals surface area contributed by atoms with Crippen molar-refractivity contribution in [1.29, 1.82) is 0 Å². The van der Waals surface area contributed by atoms with Crippen molar-refractivity contribution in [3.05, 3.63) is 108 Å². The van der Waals surface area contributed by atoms with Gasteiger partial charge in [0.15, 0.2) is 0 Å². The molecule has 0 aliphatic heterocycles. The highest BCUT2D eigenvalue weighted by molar-refractivity contribution is 6.16. The zero-order valence-corrected chi connectivity index (χ0v) is 24.6. The number of hydrogen-bond donors (Lipinski definition) is 1. The second kappa shape index (κ2) is 9.01. The molecule has 3 heteroatoms. The van der Waals surface area contributed by atoms with Crippen LogP contribution in [0.1, 0.15) is 52.7 Å². The third-order valence-corrected chi connectivity index (χ3v) is 8.39. The molecule has 0 aliphatic carbocycles. The molecule has 0 fully saturated rings. The molecule has 0 atom stereocenters. The highest BCUT2D eigenvalue weighted by atomic mass is 14.7. The van der Waals surface area contributed by atoms with Crippen LogP contribution in [0.3, 0.4) is 0 Å². The molecule has 7 aromatic rings. The van der Waals surface area contributed by atoms with Crippen molar-refractivity contribution in [1.82, 2.24) is 15.0 Å². The Bertz CT molecular complexity index is 2100. The summed E-state index contributed by atoms with van der Waals surface area (Å²) in [5.74, 6) is 0. The molecule has 0 saturated heterocycles. The molecule has 0 bridgehead atoms. The average Bonchev–Trinajstić information content (AvgIpc) is 3.34. The van der Waals surface area contributed by atoms with E-state index in [-0.39, 0.29) is 10.8 Å². The van der Waals surface area contributed by atoms with Crippen LogP contribution in [0, 0.1) is 0 Å². The molecule has 3 heterocycles. The zero-order valence-electron chi connectivity index (χ0n) is 24.6. The van der Waals surface area contributed by atoms with Crippen LogP contribution < -0.4 is 0 Å². The van der Waals surface area contributed by atoms with E-state index in [0.717, 1.165) is 33.2 Å². The molecule has 7 rings (SSSR count). The number of pyridine rings is 2. The second-order valence-corrected chi connectivity index (χ2v) is 13.3. The quantitative estimate of drug-likeness (QED) is 0.225. The molecule has 0 spiro atoms. The van der Waals surface area contributed by atoms with Gasteiger partial charge in [-0.1, -0.05) is 77.9 Å². The Hall–Kier alpha value is -4.50. The van der Waals surface area contributed by atoms with Gasteiger partial charge in [-0.25, -0.2) is 0 Å². The largest absolute Gasteiger partial charge is 0.353 e. The number of hydrogen-bond acceptors (Lipinski definition) is 2. The molecule has 0 amide bonds. The molecule has 3 nitrogen and oxygen atoms in total. The lowest BCUT2D eigenvalue weighted by atomic mass is 9.82. The maximum Gasteiger partial charge on any atom is 0.0780 e. The van der Waals surface area contributed by atoms with Crippen molar-refractivity contribution in [2.24, 2.45) is 0 Å². The van der Waals surface area contributed by atoms with Gasteiger partial charge in [0.25, 0.3) is 0 Å². The van der Waals surface area contributed by atoms with Gasteiger partial charge in [0.2, 0.25) is 0 Å². The fourth-order valence-electron chi connectivity index (χ4n) is 5.95. The first-order valence-electron chi connectivity index (χ1n) is 14.4. The Kier molecular flexibility index (Phi) is 5.59. The molecule has 0 aliphatic rings. The number of nitrogens with zero attached hydrogens (tertiary/aromatic N) is 2. The van der Waals surface area contributed by atoms with E-state index < -0.39 is 0 Å². The predicted octanol–water partition coefficient (Wildman–Crippen LogP) is 10.3. The first-order chi connectivity index (χ1) is 19.6. The van der Waals surface area contributed by atoms with Gasteiger partial charge in [0.1, 0.15) is 0 Å². The Morgan fingerprint density at radius 1 is 0.537 bits per heavy atom. The van der Waals surface area contributed by atoms with Crippen molar-refractivity contribution >= 4 is 43.5 Å². The molecule has 202 valence electrons. The van der Waals surface area contributed by atoms with Gasteiger partial charge >= 0.3 is 0 Å². The Morgan fingerprint density at radius 3 is 1.85 bits per heavy atom. The van der Waals surface area contributed by atoms with Crippen molar-refractivity contribution < 1.29 is 0 Å². The lowest BCUT2D eigenvalue weighted by Gasteiger charge is -2.22. The van der Waals surface area contributed by atoms with Crippen molar-refractivity contribution in [3.8, 4) is 22.4 Å². The zero-order chi connectivity index (χ0) is 28.5. The standard InChI is InChI=1S/C38H35N3/c1-37(2,3)26-19-29(25-15-13-23-12-14-24-10-9-17-40-34(24)28(23)18-25)35-30(20-26)31-21-27(38(4,5)6)22-32(36(31)41-35)33-11-7-8-16-39-33/h7-22,41H,1-6H3. The van der Waals surface area contributed by atoms with E-state index in [4.69, 9.17) is 9.97 Å². The summed E-state index contributed by atoms with van der Waals surface area (Å²) in [6.45, 7) is 13.7. The number of aromatic nitrogens is 3. The highest BCUT2D eigenvalue weighted by Crippen LogP contribution is 2.42. The van der Waals surface area contributed by atoms with Gasteiger partial charge in [-0.05, 0) is 81.4 Å². The van der Waals surface area contributed by atoms with Crippen molar-refractivity contribution in [2.75, 3.05) is 0 Å². The maximum absolute atomic E-state index is 4.77. The summed E-state index contributed by atoms with van der Waals surface area (Å²) >= 11 is 0. The summed E-state index contributed by atoms with van der Waals surface area (Å²) < 4.78 is 0. The summed E-state index contributed by atoms with van der Waals surface area (Å²) in [5, 5.41) is 6.03. The van der Waals surface area contributed by atoms with E-state index in [1.54, 1.807) is 0 Å². The number of benzene rings is 4. The minimum atomic E-state index is -0.0108. The Balaban J connectivity index is 1.60. The van der Waals surface area contributed by atoms with Crippen molar-refractivity contribution in [2.45, 2.75) is 52.4 Å². The van der Waals surface area contributed by atoms with Gasteiger partial charge in [-0.3, -0.25) is 9.97 Å². The molecule has 4 aromatic carbocycles. The normalized spacial score (nSPS) is 12.6. The van der Waals surface area contributed by atoms with Gasteiger partial charge in [0.05, 0.1) is 22.2 Å². The lowest BCUT2D eigenvalue weighted by molar-refractivity contribution is 0.590. The lowest BCUT2D eigenvalue weighted by Crippen LogP contribution is -2.11. The summed E-state index contributed by atoms with van der Waals surface area (Å²) in [5.41, 5.74) is 10.5. The van der Waals surface area contributed by atoms with Crippen LogP contribution in [-0.2, 0) is 10.8 Å². The first kappa shape index (κ1) is 25.5. The minimum absolute atomic E-state index is 0.00180. The van der Waals surface area contributed by atoms with E-state index >= 15 is 0 Å². The monoisotopic (exact) mass is 533 g/mol. The van der Waals surface area contributed by atoms with Crippen LogP contribution in [0.25, 0.3) is 65.9 Å². The fraction of sp³-hybridized carbons (Fsp3) is 0.211. The SMILES string of the molecule is CC(C)(C)c1cc(-c2ccc3ccc4cccnc4c3c2)c2[nH]c3c(-c4ccccn4)cc(C(C)(C)C)cc3c2c1. The van der Waals surface area contributed by atoms with Gasteiger partial charge in [-0.2, -0.15) is 0 Å². The Morgan fingerprint density at radius 2 is 1.17 bits per heavy atom. The summed E-state index contributed by atoms with van der Waals surface area (Å²) in [6, 6.07) is 30.9. The second-order valence-electron chi connectivity index (χ2n) is 13.3. The molecule has 41 heavy (non-hydrogen) atoms. The third-order valence-electron chi connectivity index (χ3n) is 8.39. The molecular formula is C38H35N3. The highest BCUT2D eigenvalue weighted by Gasteiger charge is 2.23. The molecule has 0 saturated carbocycles. The van der Waals surface area contributed by atoms with Crippen LogP contribution in [-0.4, -0.2) is 15.0 Å². The molecular weight excluding hydrogens is 498 g/mol. The Labute approximate surface area is 241 Å². The van der Waals surface area contributed by atoms with Crippen LogP contribution >= 0.6 is 0 Å². The topological polar surface area (TPSA) is 41.6 Å². The number of aromatic amines is 1. The predicted molar refractivity (Wildman–Crippen MR) is 175 cm³/mol. The van der Waals surface area contributed by atoms with Gasteiger partial charge < -0.3 is 4.98 Å². The first-order valence-corrected chi connectivity index (χ1v) is 14.4. The van der Waals surface area contributed by atoms with Gasteiger partial charge in [0, 0.05) is 45.1 Å². The number of H-pyrrole nitrogens is 1. The van der Waals surface area contributed by atoms with E-state index in [1.165, 1.54) is 43.8 Å². The van der Waals surface area contributed by atoms with E-state index in [2.05, 4.69) is 119 Å². The molecule has 0 radical (unpaired) electrons. The summed E-state index contributed by atoms with van der Waals surface area (Å²) in [4.78, 5) is 13.4. The van der Waals surface area contributed by atoms with E-state index in [0.29, 0.717) is 0 Å². The maximum atomic E-state index is 4.77. The van der Waals surface area contributed by atoms with E-state index in [9.17, 15) is 0 Å². The molecule has 1 N–H and O–H groups in total. The third kappa shape index (κ3) is 4.28.